The summed E-state index contributed by atoms with van der Waals surface area (Å²) in [6.07, 6.45) is -5.09. The molecule has 0 radical (unpaired) electrons. The largest absolute Gasteiger partial charge is 0.573 e. The minimum atomic E-state index is -5.04. The number of ether oxygens (including phenoxy) is 1. The molecule has 14 heteroatoms. The van der Waals surface area contributed by atoms with E-state index in [0.29, 0.717) is 6.07 Å². The Hall–Kier alpha value is -3.97. The van der Waals surface area contributed by atoms with Gasteiger partial charge in [0.15, 0.2) is 0 Å². The number of imide groups is 1. The van der Waals surface area contributed by atoms with Gasteiger partial charge >= 0.3 is 12.4 Å². The van der Waals surface area contributed by atoms with Crippen LogP contribution in [0.4, 0.5) is 42.5 Å². The summed E-state index contributed by atoms with van der Waals surface area (Å²) in [5.74, 6) is -6.22. The molecule has 3 N–H and O–H groups in total. The molecule has 1 unspecified atom stereocenters. The molecule has 4 rings (SSSR count). The third kappa shape index (κ3) is 5.80. The normalized spacial score (nSPS) is 18.4. The van der Waals surface area contributed by atoms with Crippen LogP contribution in [0.1, 0.15) is 24.3 Å². The van der Waals surface area contributed by atoms with Crippen molar-refractivity contribution in [3.05, 3.63) is 53.3 Å². The molecule has 2 aromatic carbocycles. The van der Waals surface area contributed by atoms with Crippen LogP contribution in [0.25, 0.3) is 0 Å². The van der Waals surface area contributed by atoms with Gasteiger partial charge in [-0.15, -0.1) is 13.2 Å². The summed E-state index contributed by atoms with van der Waals surface area (Å²) >= 11 is 0. The molecule has 36 heavy (non-hydrogen) atoms. The van der Waals surface area contributed by atoms with E-state index in [1.807, 2.05) is 0 Å². The maximum Gasteiger partial charge on any atom is 0.573 e. The summed E-state index contributed by atoms with van der Waals surface area (Å²) in [5, 5.41) is 6.75. The van der Waals surface area contributed by atoms with Gasteiger partial charge in [0.2, 0.25) is 11.8 Å². The zero-order valence-corrected chi connectivity index (χ0v) is 18.2. The predicted octanol–water partition coefficient (Wildman–Crippen LogP) is 3.53. The predicted molar refractivity (Wildman–Crippen MR) is 113 cm³/mol. The molecular weight excluding hydrogens is 498 g/mol. The van der Waals surface area contributed by atoms with E-state index in [2.05, 4.69) is 20.7 Å². The highest BCUT2D eigenvalue weighted by Crippen LogP contribution is 2.33. The van der Waals surface area contributed by atoms with Crippen molar-refractivity contribution < 1.29 is 45.5 Å². The first kappa shape index (κ1) is 25.1. The quantitative estimate of drug-likeness (QED) is 0.417. The number of amides is 4. The maximum absolute atomic E-state index is 14.7. The van der Waals surface area contributed by atoms with E-state index in [-0.39, 0.29) is 37.3 Å². The Morgan fingerprint density at radius 3 is 2.31 bits per heavy atom. The van der Waals surface area contributed by atoms with E-state index in [9.17, 15) is 40.7 Å². The second kappa shape index (κ2) is 9.59. The van der Waals surface area contributed by atoms with Crippen LogP contribution in [0.15, 0.2) is 30.3 Å². The fourth-order valence-corrected chi connectivity index (χ4v) is 4.02. The Balaban J connectivity index is 1.34. The van der Waals surface area contributed by atoms with Crippen LogP contribution in [0, 0.1) is 17.5 Å². The maximum atomic E-state index is 14.7. The minimum Gasteiger partial charge on any atom is -0.406 e. The summed E-state index contributed by atoms with van der Waals surface area (Å²) in [7, 11) is 0. The van der Waals surface area contributed by atoms with Gasteiger partial charge in [-0.25, -0.2) is 18.0 Å². The second-order valence-electron chi connectivity index (χ2n) is 8.25. The van der Waals surface area contributed by atoms with Crippen molar-refractivity contribution in [3.63, 3.8) is 0 Å². The molecule has 4 amide bonds. The molecule has 1 atom stereocenters. The molecule has 0 bridgehead atoms. The molecule has 0 aliphatic carbocycles. The van der Waals surface area contributed by atoms with Crippen molar-refractivity contribution in [3.8, 4) is 5.75 Å². The van der Waals surface area contributed by atoms with E-state index in [1.54, 1.807) is 4.90 Å². The summed E-state index contributed by atoms with van der Waals surface area (Å²) in [6.45, 7) is 0.297. The number of rotatable bonds is 5. The molecular formula is C22H18F6N4O4. The summed E-state index contributed by atoms with van der Waals surface area (Å²) in [4.78, 5) is 36.9. The number of nitrogens with zero attached hydrogens (tertiary/aromatic N) is 1. The lowest BCUT2D eigenvalue weighted by atomic mass is 9.89. The smallest absolute Gasteiger partial charge is 0.406 e. The zero-order chi connectivity index (χ0) is 26.2. The van der Waals surface area contributed by atoms with Crippen molar-refractivity contribution in [1.29, 1.82) is 0 Å². The highest BCUT2D eigenvalue weighted by molar-refractivity contribution is 6.01. The lowest BCUT2D eigenvalue weighted by Crippen LogP contribution is -2.60. The summed E-state index contributed by atoms with van der Waals surface area (Å²) in [6, 6.07) is 2.87. The molecule has 8 nitrogen and oxygen atoms in total. The number of nitrogens with one attached hydrogen (secondary N) is 3. The van der Waals surface area contributed by atoms with Crippen molar-refractivity contribution >= 4 is 29.2 Å². The van der Waals surface area contributed by atoms with E-state index in [1.165, 1.54) is 0 Å². The summed E-state index contributed by atoms with van der Waals surface area (Å²) in [5.41, 5.74) is -0.544. The molecule has 2 fully saturated rings. The van der Waals surface area contributed by atoms with E-state index < -0.39 is 64.9 Å². The van der Waals surface area contributed by atoms with Crippen LogP contribution in [-0.4, -0.2) is 43.3 Å². The molecule has 2 saturated heterocycles. The Kier molecular flexibility index (Phi) is 6.69. The van der Waals surface area contributed by atoms with Gasteiger partial charge in [0.25, 0.3) is 0 Å². The highest BCUT2D eigenvalue weighted by atomic mass is 19.4. The monoisotopic (exact) mass is 516 g/mol. The SMILES string of the molecule is O=C1CCC(c2c(F)cc(N3CC(NC(=O)Nc4cc(F)cc(OC(F)(F)F)c4)C3)cc2F)C(=O)N1. The third-order valence-electron chi connectivity index (χ3n) is 5.60. The molecule has 0 saturated carbocycles. The number of carbonyl (C=O) groups is 3. The Labute approximate surface area is 199 Å². The topological polar surface area (TPSA) is 99.8 Å². The molecule has 0 spiro atoms. The van der Waals surface area contributed by atoms with E-state index in [4.69, 9.17) is 0 Å². The summed E-state index contributed by atoms with van der Waals surface area (Å²) < 4.78 is 83.6. The fraction of sp³-hybridized carbons (Fsp3) is 0.318. The molecule has 192 valence electrons. The van der Waals surface area contributed by atoms with Crippen LogP contribution in [0.3, 0.4) is 0 Å². The van der Waals surface area contributed by atoms with Crippen LogP contribution in [0.5, 0.6) is 5.75 Å². The number of carbonyl (C=O) groups excluding carboxylic acids is 3. The minimum absolute atomic E-state index is 0.0161. The first-order valence-corrected chi connectivity index (χ1v) is 10.6. The van der Waals surface area contributed by atoms with E-state index in [0.717, 1.165) is 24.3 Å². The van der Waals surface area contributed by atoms with Crippen molar-refractivity contribution in [2.24, 2.45) is 0 Å². The van der Waals surface area contributed by atoms with Gasteiger partial charge in [0.05, 0.1) is 12.0 Å². The average molecular weight is 516 g/mol. The van der Waals surface area contributed by atoms with Gasteiger partial charge in [-0.1, -0.05) is 0 Å². The van der Waals surface area contributed by atoms with Crippen molar-refractivity contribution in [1.82, 2.24) is 10.6 Å². The number of hydrogen-bond acceptors (Lipinski definition) is 5. The Morgan fingerprint density at radius 1 is 1.03 bits per heavy atom. The highest BCUT2D eigenvalue weighted by Gasteiger charge is 2.35. The van der Waals surface area contributed by atoms with Crippen LogP contribution < -0.4 is 25.6 Å². The molecule has 2 heterocycles. The van der Waals surface area contributed by atoms with Gasteiger partial charge in [0, 0.05) is 48.6 Å². The van der Waals surface area contributed by atoms with Crippen LogP contribution in [0.2, 0.25) is 0 Å². The first-order chi connectivity index (χ1) is 16.9. The third-order valence-corrected chi connectivity index (χ3v) is 5.60. The number of benzene rings is 2. The first-order valence-electron chi connectivity index (χ1n) is 10.6. The zero-order valence-electron chi connectivity index (χ0n) is 18.2. The second-order valence-corrected chi connectivity index (χ2v) is 8.25. The van der Waals surface area contributed by atoms with Crippen molar-refractivity contribution in [2.75, 3.05) is 23.3 Å². The molecule has 0 aromatic heterocycles. The van der Waals surface area contributed by atoms with Gasteiger partial charge < -0.3 is 20.3 Å². The van der Waals surface area contributed by atoms with Gasteiger partial charge in [-0.05, 0) is 24.6 Å². The van der Waals surface area contributed by atoms with Gasteiger partial charge in [0.1, 0.15) is 23.2 Å². The van der Waals surface area contributed by atoms with Crippen LogP contribution in [-0.2, 0) is 9.59 Å². The fourth-order valence-electron chi connectivity index (χ4n) is 4.02. The number of piperidine rings is 1. The Morgan fingerprint density at radius 2 is 1.69 bits per heavy atom. The molecule has 2 aliphatic rings. The lowest BCUT2D eigenvalue weighted by Gasteiger charge is -2.41. The van der Waals surface area contributed by atoms with E-state index >= 15 is 0 Å². The number of halogens is 6. The number of anilines is 2. The molecule has 2 aliphatic heterocycles. The number of alkyl halides is 3. The molecule has 2 aromatic rings. The van der Waals surface area contributed by atoms with Gasteiger partial charge in [-0.2, -0.15) is 0 Å². The van der Waals surface area contributed by atoms with Crippen LogP contribution >= 0.6 is 0 Å². The Bertz CT molecular complexity index is 1190. The van der Waals surface area contributed by atoms with Crippen molar-refractivity contribution in [2.45, 2.75) is 31.2 Å². The lowest BCUT2D eigenvalue weighted by molar-refractivity contribution is -0.274. The number of hydrogen-bond donors (Lipinski definition) is 3. The number of urea groups is 1. The standard InChI is InChI=1S/C22H18F6N4O4/c23-10-3-11(5-14(4-10)36-22(26,27)28)29-21(35)30-12-8-32(9-12)13-6-16(24)19(17(25)7-13)15-1-2-18(33)31-20(15)34/h3-7,12,15H,1-2,8-9H2,(H2,29,30,35)(H,31,33,34). The van der Waals surface area contributed by atoms with Gasteiger partial charge in [-0.3, -0.25) is 14.9 Å². The average Bonchev–Trinajstić information content (AvgIpc) is 2.69.